The van der Waals surface area contributed by atoms with Crippen LogP contribution < -0.4 is 11.5 Å². The molecule has 4 heteroatoms. The lowest BCUT2D eigenvalue weighted by molar-refractivity contribution is 0.0907. The summed E-state index contributed by atoms with van der Waals surface area (Å²) in [4.78, 5) is 5.01. The van der Waals surface area contributed by atoms with Crippen LogP contribution in [0, 0.1) is 0 Å². The summed E-state index contributed by atoms with van der Waals surface area (Å²) in [6.07, 6.45) is 2.23. The van der Waals surface area contributed by atoms with Gasteiger partial charge in [-0.15, -0.1) is 0 Å². The van der Waals surface area contributed by atoms with Crippen molar-refractivity contribution in [3.8, 4) is 0 Å². The Bertz CT molecular complexity index is 454. The molecule has 2 aliphatic rings. The van der Waals surface area contributed by atoms with Gasteiger partial charge >= 0.3 is 0 Å². The molecule has 0 spiro atoms. The average Bonchev–Trinajstić information content (AvgIpc) is 2.47. The first-order valence-corrected chi connectivity index (χ1v) is 7.69. The minimum atomic E-state index is 0.356. The highest BCUT2D eigenvalue weighted by atomic mass is 15.2. The van der Waals surface area contributed by atoms with Gasteiger partial charge in [-0.25, -0.2) is 0 Å². The maximum atomic E-state index is 6.04. The quantitative estimate of drug-likeness (QED) is 0.848. The van der Waals surface area contributed by atoms with E-state index >= 15 is 0 Å². The Hall–Kier alpha value is -0.940. The standard InChI is InChI=1S/C16H26N4/c1-19-11-16(20-8-6-12(18)7-9-20)14-5-3-2-4-13(14)15(19)10-17/h2-5,12,15-16H,6-11,17-18H2,1H3. The number of likely N-dealkylation sites (N-methyl/N-ethyl adjacent to an activating group) is 1. The van der Waals surface area contributed by atoms with Crippen LogP contribution in [0.3, 0.4) is 0 Å². The number of hydrogen-bond acceptors (Lipinski definition) is 4. The third-order valence-corrected chi connectivity index (χ3v) is 4.95. The van der Waals surface area contributed by atoms with Gasteiger partial charge in [-0.2, -0.15) is 0 Å². The van der Waals surface area contributed by atoms with Crippen LogP contribution in [0.4, 0.5) is 0 Å². The van der Waals surface area contributed by atoms with Crippen LogP contribution in [0.5, 0.6) is 0 Å². The molecule has 0 aromatic heterocycles. The molecular weight excluding hydrogens is 248 g/mol. The van der Waals surface area contributed by atoms with E-state index in [1.54, 1.807) is 0 Å². The Balaban J connectivity index is 1.89. The highest BCUT2D eigenvalue weighted by Gasteiger charge is 2.34. The maximum Gasteiger partial charge on any atom is 0.0478 e. The van der Waals surface area contributed by atoms with Crippen LogP contribution in [0.1, 0.15) is 36.1 Å². The Morgan fingerprint density at radius 1 is 1.15 bits per heavy atom. The lowest BCUT2D eigenvalue weighted by Crippen LogP contribution is -2.48. The number of piperidine rings is 1. The van der Waals surface area contributed by atoms with Crippen LogP contribution in [-0.2, 0) is 0 Å². The molecule has 1 saturated heterocycles. The average molecular weight is 274 g/mol. The summed E-state index contributed by atoms with van der Waals surface area (Å²) in [6, 6.07) is 10.0. The van der Waals surface area contributed by atoms with Crippen molar-refractivity contribution in [1.82, 2.24) is 9.80 Å². The number of fused-ring (bicyclic) bond motifs is 1. The molecule has 1 aromatic carbocycles. The maximum absolute atomic E-state index is 6.04. The van der Waals surface area contributed by atoms with Crippen LogP contribution in [0.15, 0.2) is 24.3 Å². The molecule has 20 heavy (non-hydrogen) atoms. The molecule has 0 amide bonds. The molecule has 0 radical (unpaired) electrons. The molecule has 1 fully saturated rings. The van der Waals surface area contributed by atoms with E-state index in [1.165, 1.54) is 11.1 Å². The van der Waals surface area contributed by atoms with Crippen molar-refractivity contribution in [1.29, 1.82) is 0 Å². The fraction of sp³-hybridized carbons (Fsp3) is 0.625. The summed E-state index contributed by atoms with van der Waals surface area (Å²) in [5.41, 5.74) is 14.9. The predicted molar refractivity (Wildman–Crippen MR) is 82.4 cm³/mol. The van der Waals surface area contributed by atoms with E-state index in [0.717, 1.165) is 32.5 Å². The molecule has 0 saturated carbocycles. The lowest BCUT2D eigenvalue weighted by atomic mass is 9.88. The zero-order chi connectivity index (χ0) is 14.1. The van der Waals surface area contributed by atoms with Crippen LogP contribution >= 0.6 is 0 Å². The smallest absolute Gasteiger partial charge is 0.0478 e. The van der Waals surface area contributed by atoms with E-state index in [2.05, 4.69) is 41.1 Å². The highest BCUT2D eigenvalue weighted by molar-refractivity contribution is 5.35. The third-order valence-electron chi connectivity index (χ3n) is 4.95. The van der Waals surface area contributed by atoms with Gasteiger partial charge in [-0.05, 0) is 31.0 Å². The van der Waals surface area contributed by atoms with Crippen molar-refractivity contribution >= 4 is 0 Å². The number of nitrogens with two attached hydrogens (primary N) is 2. The lowest BCUT2D eigenvalue weighted by Gasteiger charge is -2.45. The van der Waals surface area contributed by atoms with Gasteiger partial charge in [0.25, 0.3) is 0 Å². The molecule has 4 nitrogen and oxygen atoms in total. The molecule has 2 unspecified atom stereocenters. The summed E-state index contributed by atoms with van der Waals surface area (Å²) in [5, 5.41) is 0. The van der Waals surface area contributed by atoms with E-state index in [1.807, 2.05) is 0 Å². The molecule has 4 N–H and O–H groups in total. The van der Waals surface area contributed by atoms with Crippen molar-refractivity contribution in [2.45, 2.75) is 31.0 Å². The molecule has 1 aromatic rings. The van der Waals surface area contributed by atoms with Crippen LogP contribution in [0.2, 0.25) is 0 Å². The van der Waals surface area contributed by atoms with Gasteiger partial charge in [0.2, 0.25) is 0 Å². The summed E-state index contributed by atoms with van der Waals surface area (Å²) in [7, 11) is 2.19. The first kappa shape index (κ1) is 14.0. The van der Waals surface area contributed by atoms with Crippen molar-refractivity contribution in [3.63, 3.8) is 0 Å². The second kappa shape index (κ2) is 5.82. The second-order valence-corrected chi connectivity index (χ2v) is 6.21. The summed E-state index contributed by atoms with van der Waals surface area (Å²) >= 11 is 0. The minimum absolute atomic E-state index is 0.356. The van der Waals surface area contributed by atoms with Crippen molar-refractivity contribution in [2.24, 2.45) is 11.5 Å². The van der Waals surface area contributed by atoms with E-state index in [-0.39, 0.29) is 0 Å². The summed E-state index contributed by atoms with van der Waals surface area (Å²) < 4.78 is 0. The molecular formula is C16H26N4. The molecule has 110 valence electrons. The van der Waals surface area contributed by atoms with Crippen molar-refractivity contribution in [3.05, 3.63) is 35.4 Å². The number of hydrogen-bond donors (Lipinski definition) is 2. The van der Waals surface area contributed by atoms with E-state index < -0.39 is 0 Å². The van der Waals surface area contributed by atoms with Crippen LogP contribution in [-0.4, -0.2) is 49.1 Å². The topological polar surface area (TPSA) is 58.5 Å². The molecule has 2 aliphatic heterocycles. The molecule has 3 rings (SSSR count). The minimum Gasteiger partial charge on any atom is -0.329 e. The summed E-state index contributed by atoms with van der Waals surface area (Å²) in [6.45, 7) is 3.97. The fourth-order valence-corrected chi connectivity index (χ4v) is 3.70. The predicted octanol–water partition coefficient (Wildman–Crippen LogP) is 1.10. The highest BCUT2D eigenvalue weighted by Crippen LogP contribution is 2.37. The first-order valence-electron chi connectivity index (χ1n) is 7.69. The summed E-state index contributed by atoms with van der Waals surface area (Å²) in [5.74, 6) is 0. The molecule has 0 bridgehead atoms. The van der Waals surface area contributed by atoms with Gasteiger partial charge in [0.15, 0.2) is 0 Å². The Morgan fingerprint density at radius 3 is 2.45 bits per heavy atom. The second-order valence-electron chi connectivity index (χ2n) is 6.21. The number of benzene rings is 1. The van der Waals surface area contributed by atoms with Gasteiger partial charge < -0.3 is 11.5 Å². The monoisotopic (exact) mass is 274 g/mol. The Labute approximate surface area is 121 Å². The number of rotatable bonds is 2. The normalized spacial score (nSPS) is 29.4. The van der Waals surface area contributed by atoms with Crippen LogP contribution in [0.25, 0.3) is 0 Å². The first-order chi connectivity index (χ1) is 9.70. The zero-order valence-corrected chi connectivity index (χ0v) is 12.3. The van der Waals surface area contributed by atoms with Gasteiger partial charge in [-0.1, -0.05) is 24.3 Å². The fourth-order valence-electron chi connectivity index (χ4n) is 3.70. The van der Waals surface area contributed by atoms with E-state index in [4.69, 9.17) is 11.5 Å². The largest absolute Gasteiger partial charge is 0.329 e. The van der Waals surface area contributed by atoms with Gasteiger partial charge in [0.1, 0.15) is 0 Å². The third kappa shape index (κ3) is 2.49. The molecule has 0 aliphatic carbocycles. The van der Waals surface area contributed by atoms with Gasteiger partial charge in [0, 0.05) is 44.3 Å². The zero-order valence-electron chi connectivity index (χ0n) is 12.3. The SMILES string of the molecule is CN1CC(N2CCC(N)CC2)c2ccccc2C1CN. The van der Waals surface area contributed by atoms with E-state index in [9.17, 15) is 0 Å². The van der Waals surface area contributed by atoms with E-state index in [0.29, 0.717) is 24.7 Å². The van der Waals surface area contributed by atoms with Gasteiger partial charge in [-0.3, -0.25) is 9.80 Å². The van der Waals surface area contributed by atoms with Crippen molar-refractivity contribution in [2.75, 3.05) is 33.2 Å². The Kier molecular flexibility index (Phi) is 4.08. The van der Waals surface area contributed by atoms with Crippen molar-refractivity contribution < 1.29 is 0 Å². The number of nitrogens with zero attached hydrogens (tertiary/aromatic N) is 2. The molecule has 2 atom stereocenters. The van der Waals surface area contributed by atoms with Gasteiger partial charge in [0.05, 0.1) is 0 Å². The Morgan fingerprint density at radius 2 is 1.80 bits per heavy atom. The molecule has 2 heterocycles. The number of likely N-dealkylation sites (tertiary alicyclic amines) is 1.